The second-order valence-electron chi connectivity index (χ2n) is 4.45. The summed E-state index contributed by atoms with van der Waals surface area (Å²) in [4.78, 5) is 0. The fourth-order valence-electron chi connectivity index (χ4n) is 1.76. The van der Waals surface area contributed by atoms with Gasteiger partial charge in [-0.3, -0.25) is 4.72 Å². The third-order valence-electron chi connectivity index (χ3n) is 2.80. The molecule has 0 unspecified atom stereocenters. The molecule has 118 valence electrons. The predicted octanol–water partition coefficient (Wildman–Crippen LogP) is 3.74. The topological polar surface area (TPSA) is 84.0 Å². The smallest absolute Gasteiger partial charge is 0.272 e. The zero-order valence-corrected chi connectivity index (χ0v) is 14.0. The summed E-state index contributed by atoms with van der Waals surface area (Å²) < 4.78 is 26.8. The summed E-state index contributed by atoms with van der Waals surface area (Å²) in [7, 11) is -3.62. The van der Waals surface area contributed by atoms with E-state index in [0.717, 1.165) is 11.3 Å². The monoisotopic (exact) mass is 366 g/mol. The van der Waals surface area contributed by atoms with Gasteiger partial charge in [0.15, 0.2) is 11.6 Å². The number of rotatable bonds is 5. The first-order valence-corrected chi connectivity index (χ1v) is 9.20. The predicted molar refractivity (Wildman–Crippen MR) is 91.9 cm³/mol. The summed E-state index contributed by atoms with van der Waals surface area (Å²) in [5.41, 5.74) is 0.690. The van der Waals surface area contributed by atoms with Crippen LogP contribution in [-0.4, -0.2) is 18.6 Å². The highest BCUT2D eigenvalue weighted by molar-refractivity contribution is 7.94. The largest absolute Gasteiger partial charge is 0.338 e. The first-order chi connectivity index (χ1) is 11.0. The molecule has 0 radical (unpaired) electrons. The van der Waals surface area contributed by atoms with E-state index in [9.17, 15) is 8.42 Å². The van der Waals surface area contributed by atoms with Crippen LogP contribution in [0.25, 0.3) is 0 Å². The molecule has 0 aliphatic carbocycles. The van der Waals surface area contributed by atoms with Crippen molar-refractivity contribution in [2.24, 2.45) is 0 Å². The molecule has 0 atom stereocenters. The molecule has 2 heterocycles. The Hall–Kier alpha value is -2.16. The van der Waals surface area contributed by atoms with E-state index in [2.05, 4.69) is 20.2 Å². The van der Waals surface area contributed by atoms with Gasteiger partial charge in [-0.15, -0.1) is 21.5 Å². The number of halogens is 1. The van der Waals surface area contributed by atoms with Gasteiger partial charge in [0, 0.05) is 0 Å². The van der Waals surface area contributed by atoms with Crippen molar-refractivity contribution in [2.75, 3.05) is 10.0 Å². The summed E-state index contributed by atoms with van der Waals surface area (Å²) in [5, 5.41) is 13.0. The number of hydrogen-bond acceptors (Lipinski definition) is 6. The SMILES string of the molecule is O=S(=O)(Nc1ccc(Nc2ccccc2Cl)nn1)c1cccs1. The van der Waals surface area contributed by atoms with Crippen molar-refractivity contribution in [1.82, 2.24) is 10.2 Å². The maximum atomic E-state index is 12.1. The zero-order chi connectivity index (χ0) is 16.3. The van der Waals surface area contributed by atoms with E-state index in [0.29, 0.717) is 16.5 Å². The molecule has 0 fully saturated rings. The van der Waals surface area contributed by atoms with E-state index in [1.54, 1.807) is 29.6 Å². The Kier molecular flexibility index (Phi) is 4.46. The van der Waals surface area contributed by atoms with E-state index in [-0.39, 0.29) is 10.0 Å². The lowest BCUT2D eigenvalue weighted by molar-refractivity contribution is 0.603. The van der Waals surface area contributed by atoms with Crippen LogP contribution in [0.3, 0.4) is 0 Å². The van der Waals surface area contributed by atoms with Gasteiger partial charge < -0.3 is 5.32 Å². The summed E-state index contributed by atoms with van der Waals surface area (Å²) in [6.07, 6.45) is 0. The summed E-state index contributed by atoms with van der Waals surface area (Å²) >= 11 is 7.18. The van der Waals surface area contributed by atoms with Gasteiger partial charge in [0.05, 0.1) is 10.7 Å². The molecule has 23 heavy (non-hydrogen) atoms. The Morgan fingerprint density at radius 3 is 2.35 bits per heavy atom. The molecule has 3 aromatic rings. The van der Waals surface area contributed by atoms with Crippen LogP contribution >= 0.6 is 22.9 Å². The fourth-order valence-corrected chi connectivity index (χ4v) is 3.93. The zero-order valence-electron chi connectivity index (χ0n) is 11.6. The molecule has 0 aliphatic heterocycles. The van der Waals surface area contributed by atoms with Crippen molar-refractivity contribution >= 4 is 50.3 Å². The highest BCUT2D eigenvalue weighted by atomic mass is 35.5. The molecule has 2 N–H and O–H groups in total. The quantitative estimate of drug-likeness (QED) is 0.718. The minimum atomic E-state index is -3.62. The number of anilines is 3. The van der Waals surface area contributed by atoms with Gasteiger partial charge >= 0.3 is 0 Å². The molecule has 0 bridgehead atoms. The Bertz CT molecular complexity index is 897. The first-order valence-electron chi connectivity index (χ1n) is 6.46. The van der Waals surface area contributed by atoms with Gasteiger partial charge in [-0.2, -0.15) is 0 Å². The lowest BCUT2D eigenvalue weighted by atomic mass is 10.3. The maximum Gasteiger partial charge on any atom is 0.272 e. The van der Waals surface area contributed by atoms with Crippen LogP contribution in [-0.2, 0) is 10.0 Å². The summed E-state index contributed by atoms with van der Waals surface area (Å²) in [6, 6.07) is 13.5. The van der Waals surface area contributed by atoms with Crippen LogP contribution in [0, 0.1) is 0 Å². The van der Waals surface area contributed by atoms with E-state index >= 15 is 0 Å². The van der Waals surface area contributed by atoms with Crippen molar-refractivity contribution in [3.8, 4) is 0 Å². The van der Waals surface area contributed by atoms with Crippen molar-refractivity contribution < 1.29 is 8.42 Å². The molecule has 6 nitrogen and oxygen atoms in total. The average molecular weight is 367 g/mol. The van der Waals surface area contributed by atoms with Crippen LogP contribution in [0.2, 0.25) is 5.02 Å². The minimum absolute atomic E-state index is 0.142. The second kappa shape index (κ2) is 6.53. The van der Waals surface area contributed by atoms with Gasteiger partial charge in [0.2, 0.25) is 0 Å². The third-order valence-corrected chi connectivity index (χ3v) is 5.88. The average Bonchev–Trinajstić information content (AvgIpc) is 3.06. The van der Waals surface area contributed by atoms with Gasteiger partial charge in [0.1, 0.15) is 4.21 Å². The number of nitrogens with one attached hydrogen (secondary N) is 2. The molecule has 0 amide bonds. The molecule has 1 aromatic carbocycles. The molecule has 3 rings (SSSR count). The Labute approximate surface area is 142 Å². The molecule has 0 saturated heterocycles. The van der Waals surface area contributed by atoms with Crippen molar-refractivity contribution in [1.29, 1.82) is 0 Å². The van der Waals surface area contributed by atoms with Crippen LogP contribution in [0.15, 0.2) is 58.1 Å². The second-order valence-corrected chi connectivity index (χ2v) is 7.71. The Morgan fingerprint density at radius 1 is 0.957 bits per heavy atom. The Morgan fingerprint density at radius 2 is 1.70 bits per heavy atom. The van der Waals surface area contributed by atoms with Crippen LogP contribution < -0.4 is 10.0 Å². The number of hydrogen-bond donors (Lipinski definition) is 2. The van der Waals surface area contributed by atoms with E-state index < -0.39 is 10.0 Å². The molecular formula is C14H11ClN4O2S2. The molecule has 0 aliphatic rings. The van der Waals surface area contributed by atoms with Crippen LogP contribution in [0.5, 0.6) is 0 Å². The normalized spacial score (nSPS) is 11.2. The van der Waals surface area contributed by atoms with E-state index in [1.165, 1.54) is 12.1 Å². The lowest BCUT2D eigenvalue weighted by Gasteiger charge is -2.08. The summed E-state index contributed by atoms with van der Waals surface area (Å²) in [5.74, 6) is 0.597. The van der Waals surface area contributed by atoms with Gasteiger partial charge in [-0.1, -0.05) is 29.8 Å². The third kappa shape index (κ3) is 3.79. The number of nitrogens with zero attached hydrogens (tertiary/aromatic N) is 2. The summed E-state index contributed by atoms with van der Waals surface area (Å²) in [6.45, 7) is 0. The number of aromatic nitrogens is 2. The minimum Gasteiger partial charge on any atom is -0.338 e. The van der Waals surface area contributed by atoms with E-state index in [1.807, 2.05) is 12.1 Å². The van der Waals surface area contributed by atoms with Crippen LogP contribution in [0.4, 0.5) is 17.3 Å². The number of benzene rings is 1. The molecule has 9 heteroatoms. The molecular weight excluding hydrogens is 356 g/mol. The van der Waals surface area contributed by atoms with Crippen molar-refractivity contribution in [3.63, 3.8) is 0 Å². The number of para-hydroxylation sites is 1. The lowest BCUT2D eigenvalue weighted by Crippen LogP contribution is -2.13. The first kappa shape index (κ1) is 15.7. The standard InChI is InChI=1S/C14H11ClN4O2S2/c15-10-4-1-2-5-11(10)16-12-7-8-13(18-17-12)19-23(20,21)14-6-3-9-22-14/h1-9H,(H,16,17)(H,18,19). The van der Waals surface area contributed by atoms with Gasteiger partial charge in [-0.05, 0) is 35.7 Å². The number of sulfonamides is 1. The molecule has 0 saturated carbocycles. The van der Waals surface area contributed by atoms with Crippen molar-refractivity contribution in [2.45, 2.75) is 4.21 Å². The fraction of sp³-hybridized carbons (Fsp3) is 0. The Balaban J connectivity index is 1.74. The van der Waals surface area contributed by atoms with Gasteiger partial charge in [0.25, 0.3) is 10.0 Å². The molecule has 0 spiro atoms. The molecule has 2 aromatic heterocycles. The van der Waals surface area contributed by atoms with Gasteiger partial charge in [-0.25, -0.2) is 8.42 Å². The van der Waals surface area contributed by atoms with E-state index in [4.69, 9.17) is 11.6 Å². The maximum absolute atomic E-state index is 12.1. The highest BCUT2D eigenvalue weighted by Crippen LogP contribution is 2.24. The number of thiophene rings is 1. The van der Waals surface area contributed by atoms with Crippen LogP contribution in [0.1, 0.15) is 0 Å². The van der Waals surface area contributed by atoms with Crippen molar-refractivity contribution in [3.05, 3.63) is 58.9 Å². The highest BCUT2D eigenvalue weighted by Gasteiger charge is 2.16.